The second-order valence-electron chi connectivity index (χ2n) is 6.74. The number of hydrogen-bond donors (Lipinski definition) is 1. The van der Waals surface area contributed by atoms with Gasteiger partial charge >= 0.3 is 0 Å². The normalized spacial score (nSPS) is 31.8. The molecule has 1 fully saturated rings. The van der Waals surface area contributed by atoms with Crippen molar-refractivity contribution in [3.63, 3.8) is 0 Å². The number of Topliss-reactive ketones (excluding diaryl/α,β-unsaturated/α-hetero) is 1. The third-order valence-corrected chi connectivity index (χ3v) is 4.52. The fraction of sp³-hybridized carbons (Fsp3) is 0.846. The van der Waals surface area contributed by atoms with Crippen LogP contribution in [0.3, 0.4) is 0 Å². The summed E-state index contributed by atoms with van der Waals surface area (Å²) in [5.74, 6) is 0.748. The molecule has 1 aliphatic heterocycles. The molecule has 0 bridgehead atoms. The summed E-state index contributed by atoms with van der Waals surface area (Å²) in [6.07, 6.45) is 1.64. The van der Waals surface area contributed by atoms with E-state index < -0.39 is 0 Å². The summed E-state index contributed by atoms with van der Waals surface area (Å²) >= 11 is 5.99. The highest BCUT2D eigenvalue weighted by atomic mass is 35.5. The zero-order chi connectivity index (χ0) is 12.8. The van der Waals surface area contributed by atoms with Crippen molar-refractivity contribution in [3.05, 3.63) is 0 Å². The zero-order valence-corrected chi connectivity index (χ0v) is 11.8. The van der Waals surface area contributed by atoms with E-state index in [-0.39, 0.29) is 22.8 Å². The summed E-state index contributed by atoms with van der Waals surface area (Å²) in [4.78, 5) is 12.3. The molecule has 1 N–H and O–H groups in total. The van der Waals surface area contributed by atoms with Crippen molar-refractivity contribution in [2.24, 2.45) is 21.8 Å². The first-order valence-corrected chi connectivity index (χ1v) is 6.72. The molecule has 4 heteroatoms. The van der Waals surface area contributed by atoms with E-state index in [0.29, 0.717) is 18.1 Å². The van der Waals surface area contributed by atoms with Crippen molar-refractivity contribution in [3.8, 4) is 0 Å². The highest BCUT2D eigenvalue weighted by Crippen LogP contribution is 2.41. The van der Waals surface area contributed by atoms with Gasteiger partial charge in [0.05, 0.1) is 17.7 Å². The maximum atomic E-state index is 12.3. The molecule has 2 aliphatic rings. The molecular formula is C13H21ClN2O. The largest absolute Gasteiger partial charge is 0.306 e. The van der Waals surface area contributed by atoms with Crippen LogP contribution in [0.2, 0.25) is 0 Å². The number of ketones is 1. The Balaban J connectivity index is 2.25. The van der Waals surface area contributed by atoms with Crippen LogP contribution in [0.1, 0.15) is 40.5 Å². The minimum Gasteiger partial charge on any atom is -0.306 e. The lowest BCUT2D eigenvalue weighted by molar-refractivity contribution is -0.126. The van der Waals surface area contributed by atoms with Gasteiger partial charge in [0, 0.05) is 17.7 Å². The van der Waals surface area contributed by atoms with E-state index in [1.807, 2.05) is 0 Å². The van der Waals surface area contributed by atoms with E-state index in [4.69, 9.17) is 11.6 Å². The molecule has 1 saturated carbocycles. The number of nitrogens with zero attached hydrogens (tertiary/aromatic N) is 1. The summed E-state index contributed by atoms with van der Waals surface area (Å²) in [6.45, 7) is 8.40. The van der Waals surface area contributed by atoms with E-state index in [2.05, 4.69) is 38.2 Å². The minimum atomic E-state index is -0.203. The van der Waals surface area contributed by atoms with Gasteiger partial charge < -0.3 is 5.43 Å². The Morgan fingerprint density at radius 1 is 1.53 bits per heavy atom. The van der Waals surface area contributed by atoms with Crippen LogP contribution in [-0.2, 0) is 4.79 Å². The average Bonchev–Trinajstić information content (AvgIpc) is 2.60. The Labute approximate surface area is 108 Å². The average molecular weight is 257 g/mol. The monoisotopic (exact) mass is 256 g/mol. The summed E-state index contributed by atoms with van der Waals surface area (Å²) in [6, 6.07) is 0.170. The molecule has 0 spiro atoms. The molecule has 96 valence electrons. The van der Waals surface area contributed by atoms with Gasteiger partial charge in [0.1, 0.15) is 5.78 Å². The molecule has 2 rings (SSSR count). The zero-order valence-electron chi connectivity index (χ0n) is 11.0. The van der Waals surface area contributed by atoms with E-state index >= 15 is 0 Å². The number of hydrazone groups is 1. The molecule has 0 aromatic carbocycles. The standard InChI is InChI=1S/C13H21ClN2O/c1-12(2)5-8-10(9(17)6-12)11(16-15-8)13(3,4)7-14/h8,10,15H,5-7H2,1-4H3/t8-,10+/m0/s1. The van der Waals surface area contributed by atoms with Gasteiger partial charge in [-0.2, -0.15) is 5.10 Å². The number of nitrogens with one attached hydrogen (secondary N) is 1. The lowest BCUT2D eigenvalue weighted by atomic mass is 9.66. The number of carbonyl (C=O) groups is 1. The van der Waals surface area contributed by atoms with Crippen molar-refractivity contribution in [2.75, 3.05) is 5.88 Å². The molecule has 1 heterocycles. The second kappa shape index (κ2) is 3.98. The van der Waals surface area contributed by atoms with Gasteiger partial charge in [0.25, 0.3) is 0 Å². The molecule has 3 nitrogen and oxygen atoms in total. The van der Waals surface area contributed by atoms with Gasteiger partial charge in [0.15, 0.2) is 0 Å². The highest BCUT2D eigenvalue weighted by molar-refractivity contribution is 6.21. The number of hydrogen-bond acceptors (Lipinski definition) is 3. The van der Waals surface area contributed by atoms with Gasteiger partial charge in [-0.15, -0.1) is 11.6 Å². The number of halogens is 1. The van der Waals surface area contributed by atoms with Crippen LogP contribution in [0.5, 0.6) is 0 Å². The Morgan fingerprint density at radius 3 is 2.76 bits per heavy atom. The predicted octanol–water partition coefficient (Wildman–Crippen LogP) is 2.58. The Bertz CT molecular complexity index is 374. The summed E-state index contributed by atoms with van der Waals surface area (Å²) in [5, 5.41) is 4.40. The first-order valence-electron chi connectivity index (χ1n) is 6.19. The van der Waals surface area contributed by atoms with E-state index in [9.17, 15) is 4.79 Å². The smallest absolute Gasteiger partial charge is 0.144 e. The van der Waals surface area contributed by atoms with Crippen LogP contribution in [0.15, 0.2) is 5.10 Å². The van der Waals surface area contributed by atoms with Gasteiger partial charge in [-0.1, -0.05) is 27.7 Å². The quantitative estimate of drug-likeness (QED) is 0.772. The predicted molar refractivity (Wildman–Crippen MR) is 70.4 cm³/mol. The number of fused-ring (bicyclic) bond motifs is 1. The summed E-state index contributed by atoms with van der Waals surface area (Å²) < 4.78 is 0. The minimum absolute atomic E-state index is 0.0585. The molecule has 0 amide bonds. The third-order valence-electron chi connectivity index (χ3n) is 3.85. The molecule has 0 radical (unpaired) electrons. The lowest BCUT2D eigenvalue weighted by Crippen LogP contribution is -2.48. The summed E-state index contributed by atoms with van der Waals surface area (Å²) in [7, 11) is 0. The molecule has 0 unspecified atom stereocenters. The maximum absolute atomic E-state index is 12.3. The van der Waals surface area contributed by atoms with E-state index in [1.54, 1.807) is 0 Å². The van der Waals surface area contributed by atoms with E-state index in [1.165, 1.54) is 0 Å². The van der Waals surface area contributed by atoms with Gasteiger partial charge in [-0.25, -0.2) is 0 Å². The number of carbonyl (C=O) groups excluding carboxylic acids is 1. The Hall–Kier alpha value is -0.570. The SMILES string of the molecule is CC1(C)CC(=O)[C@@H]2C(C(C)(C)CCl)=NN[C@H]2C1. The van der Waals surface area contributed by atoms with Crippen LogP contribution in [0.25, 0.3) is 0 Å². The number of rotatable bonds is 2. The molecule has 2 atom stereocenters. The second-order valence-corrected chi connectivity index (χ2v) is 7.01. The van der Waals surface area contributed by atoms with Crippen molar-refractivity contribution < 1.29 is 4.79 Å². The van der Waals surface area contributed by atoms with Crippen molar-refractivity contribution in [1.82, 2.24) is 5.43 Å². The first kappa shape index (κ1) is 12.9. The van der Waals surface area contributed by atoms with Crippen LogP contribution in [-0.4, -0.2) is 23.4 Å². The maximum Gasteiger partial charge on any atom is 0.144 e. The first-order chi connectivity index (χ1) is 7.77. The van der Waals surface area contributed by atoms with Gasteiger partial charge in [-0.3, -0.25) is 4.79 Å². The van der Waals surface area contributed by atoms with Crippen LogP contribution in [0, 0.1) is 16.7 Å². The van der Waals surface area contributed by atoms with Crippen molar-refractivity contribution in [1.29, 1.82) is 0 Å². The molecule has 0 saturated heterocycles. The van der Waals surface area contributed by atoms with Crippen molar-refractivity contribution in [2.45, 2.75) is 46.6 Å². The highest BCUT2D eigenvalue weighted by Gasteiger charge is 2.49. The molecule has 1 aliphatic carbocycles. The summed E-state index contributed by atoms with van der Waals surface area (Å²) in [5.41, 5.74) is 3.97. The van der Waals surface area contributed by atoms with E-state index in [0.717, 1.165) is 12.1 Å². The van der Waals surface area contributed by atoms with Crippen LogP contribution < -0.4 is 5.43 Å². The Kier molecular flexibility index (Phi) is 3.01. The number of alkyl halides is 1. The fourth-order valence-electron chi connectivity index (χ4n) is 2.92. The van der Waals surface area contributed by atoms with Crippen LogP contribution >= 0.6 is 11.6 Å². The van der Waals surface area contributed by atoms with Crippen molar-refractivity contribution >= 4 is 23.1 Å². The molecule has 0 aromatic rings. The Morgan fingerprint density at radius 2 is 2.18 bits per heavy atom. The molecule has 17 heavy (non-hydrogen) atoms. The van der Waals surface area contributed by atoms with Crippen LogP contribution in [0.4, 0.5) is 0 Å². The lowest BCUT2D eigenvalue weighted by Gasteiger charge is -2.38. The topological polar surface area (TPSA) is 41.5 Å². The van der Waals surface area contributed by atoms with Gasteiger partial charge in [-0.05, 0) is 11.8 Å². The molecule has 0 aromatic heterocycles. The third kappa shape index (κ3) is 2.22. The molecular weight excluding hydrogens is 236 g/mol. The van der Waals surface area contributed by atoms with Gasteiger partial charge in [0.2, 0.25) is 0 Å². The fourth-order valence-corrected chi connectivity index (χ4v) is 3.05.